The van der Waals surface area contributed by atoms with E-state index in [0.29, 0.717) is 5.75 Å². The summed E-state index contributed by atoms with van der Waals surface area (Å²) in [5.74, 6) is 0.372. The van der Waals surface area contributed by atoms with Gasteiger partial charge in [-0.05, 0) is 29.8 Å². The third-order valence-electron chi connectivity index (χ3n) is 3.38. The number of amides is 1. The Morgan fingerprint density at radius 2 is 2.00 bits per heavy atom. The predicted octanol–water partition coefficient (Wildman–Crippen LogP) is 5.08. The van der Waals surface area contributed by atoms with Gasteiger partial charge in [0.2, 0.25) is 5.91 Å². The lowest BCUT2D eigenvalue weighted by Gasteiger charge is -2.08. The molecule has 0 aliphatic heterocycles. The molecular weight excluding hydrogens is 404 g/mol. The van der Waals surface area contributed by atoms with E-state index in [1.807, 2.05) is 53.4 Å². The minimum absolute atomic E-state index is 0.0944. The van der Waals surface area contributed by atoms with Gasteiger partial charge in [0, 0.05) is 10.3 Å². The van der Waals surface area contributed by atoms with Crippen molar-refractivity contribution >= 4 is 63.6 Å². The molecule has 0 aliphatic rings. The summed E-state index contributed by atoms with van der Waals surface area (Å²) in [4.78, 5) is 30.5. The van der Waals surface area contributed by atoms with Crippen LogP contribution in [0.25, 0.3) is 0 Å². The lowest BCUT2D eigenvalue weighted by molar-refractivity contribution is -0.115. The monoisotopic (exact) mass is 420 g/mol. The average molecular weight is 421 g/mol. The molecular formula is C18H16N2O2S4. The summed E-state index contributed by atoms with van der Waals surface area (Å²) in [5.41, 5.74) is 1.54. The van der Waals surface area contributed by atoms with Gasteiger partial charge in [0.05, 0.1) is 28.4 Å². The van der Waals surface area contributed by atoms with E-state index >= 15 is 0 Å². The summed E-state index contributed by atoms with van der Waals surface area (Å²) in [7, 11) is 0. The molecule has 1 amide bonds. The average Bonchev–Trinajstić information content (AvgIpc) is 3.32. The number of aromatic nitrogens is 1. The summed E-state index contributed by atoms with van der Waals surface area (Å²) in [6.45, 7) is 0. The Labute approximate surface area is 168 Å². The van der Waals surface area contributed by atoms with Crippen molar-refractivity contribution in [1.29, 1.82) is 0 Å². The number of nitrogens with one attached hydrogen (secondary N) is 1. The number of hydrogen-bond acceptors (Lipinski definition) is 7. The first-order chi connectivity index (χ1) is 12.7. The van der Waals surface area contributed by atoms with E-state index in [1.165, 1.54) is 34.4 Å². The molecule has 8 heteroatoms. The van der Waals surface area contributed by atoms with Crippen molar-refractivity contribution in [1.82, 2.24) is 4.98 Å². The second-order valence-corrected chi connectivity index (χ2v) is 9.10. The number of carbonyl (C=O) groups is 2. The van der Waals surface area contributed by atoms with Crippen LogP contribution in [0.5, 0.6) is 0 Å². The number of thiazole rings is 1. The van der Waals surface area contributed by atoms with Crippen molar-refractivity contribution in [3.05, 3.63) is 57.7 Å². The standard InChI is InChI=1S/C18H16N2O2S4/c1-23-15-6-3-2-5-13(15)20-17(22)9-12-10-25-18(19-12)26-11-14(21)16-7-4-8-24-16/h2-8,10H,9,11H2,1H3,(H,20,22). The Morgan fingerprint density at radius 1 is 1.15 bits per heavy atom. The highest BCUT2D eigenvalue weighted by Gasteiger charge is 2.12. The minimum atomic E-state index is -0.0944. The van der Waals surface area contributed by atoms with Crippen LogP contribution in [0.3, 0.4) is 0 Å². The second kappa shape index (κ2) is 9.36. The highest BCUT2D eigenvalue weighted by molar-refractivity contribution is 8.01. The van der Waals surface area contributed by atoms with Crippen LogP contribution in [0.15, 0.2) is 56.4 Å². The number of rotatable bonds is 8. The first-order valence-corrected chi connectivity index (χ1v) is 11.7. The molecule has 0 saturated heterocycles. The van der Waals surface area contributed by atoms with E-state index in [4.69, 9.17) is 0 Å². The number of hydrogen-bond donors (Lipinski definition) is 1. The molecule has 1 aromatic carbocycles. The number of nitrogens with zero attached hydrogens (tertiary/aromatic N) is 1. The van der Waals surface area contributed by atoms with Gasteiger partial charge >= 0.3 is 0 Å². The van der Waals surface area contributed by atoms with Gasteiger partial charge in [0.1, 0.15) is 0 Å². The lowest BCUT2D eigenvalue weighted by Crippen LogP contribution is -2.15. The zero-order valence-corrected chi connectivity index (χ0v) is 17.2. The Kier molecular flexibility index (Phi) is 6.90. The number of Topliss-reactive ketones (excluding diaryl/α,β-unsaturated/α-hetero) is 1. The largest absolute Gasteiger partial charge is 0.325 e. The normalized spacial score (nSPS) is 10.7. The molecule has 0 unspecified atom stereocenters. The molecule has 0 radical (unpaired) electrons. The van der Waals surface area contributed by atoms with Crippen LogP contribution in [-0.4, -0.2) is 28.7 Å². The van der Waals surface area contributed by atoms with Crippen molar-refractivity contribution in [3.8, 4) is 0 Å². The zero-order valence-electron chi connectivity index (χ0n) is 13.9. The number of anilines is 1. The summed E-state index contributed by atoms with van der Waals surface area (Å²) in [6, 6.07) is 11.4. The van der Waals surface area contributed by atoms with Gasteiger partial charge in [-0.15, -0.1) is 34.4 Å². The predicted molar refractivity (Wildman–Crippen MR) is 112 cm³/mol. The molecule has 0 atom stereocenters. The topological polar surface area (TPSA) is 59.1 Å². The zero-order chi connectivity index (χ0) is 18.4. The van der Waals surface area contributed by atoms with E-state index in [-0.39, 0.29) is 18.1 Å². The van der Waals surface area contributed by atoms with Gasteiger partial charge in [-0.3, -0.25) is 9.59 Å². The number of ketones is 1. The molecule has 0 fully saturated rings. The van der Waals surface area contributed by atoms with Gasteiger partial charge in [-0.25, -0.2) is 4.98 Å². The summed E-state index contributed by atoms with van der Waals surface area (Å²) < 4.78 is 0.808. The molecule has 2 heterocycles. The fraction of sp³-hybridized carbons (Fsp3) is 0.167. The first-order valence-electron chi connectivity index (χ1n) is 7.72. The van der Waals surface area contributed by atoms with E-state index in [1.54, 1.807) is 11.8 Å². The van der Waals surface area contributed by atoms with Crippen LogP contribution in [0.4, 0.5) is 5.69 Å². The molecule has 134 valence electrons. The Hall–Kier alpha value is -1.61. The Bertz CT molecular complexity index is 890. The van der Waals surface area contributed by atoms with E-state index < -0.39 is 0 Å². The number of thiophene rings is 1. The SMILES string of the molecule is CSc1ccccc1NC(=O)Cc1csc(SCC(=O)c2cccs2)n1. The molecule has 26 heavy (non-hydrogen) atoms. The molecule has 3 rings (SSSR count). The van der Waals surface area contributed by atoms with Crippen LogP contribution in [0.2, 0.25) is 0 Å². The van der Waals surface area contributed by atoms with Crippen molar-refractivity contribution in [3.63, 3.8) is 0 Å². The Morgan fingerprint density at radius 3 is 2.77 bits per heavy atom. The molecule has 1 N–H and O–H groups in total. The number of thioether (sulfide) groups is 2. The van der Waals surface area contributed by atoms with Crippen LogP contribution in [0, 0.1) is 0 Å². The fourth-order valence-electron chi connectivity index (χ4n) is 2.18. The second-order valence-electron chi connectivity index (χ2n) is 5.22. The lowest BCUT2D eigenvalue weighted by atomic mass is 10.3. The van der Waals surface area contributed by atoms with Crippen LogP contribution < -0.4 is 5.32 Å². The molecule has 2 aromatic heterocycles. The maximum Gasteiger partial charge on any atom is 0.230 e. The quantitative estimate of drug-likeness (QED) is 0.407. The summed E-state index contributed by atoms with van der Waals surface area (Å²) in [5, 5.41) is 6.70. The maximum absolute atomic E-state index is 12.3. The van der Waals surface area contributed by atoms with Crippen LogP contribution in [-0.2, 0) is 11.2 Å². The van der Waals surface area contributed by atoms with E-state index in [2.05, 4.69) is 10.3 Å². The third kappa shape index (κ3) is 5.20. The molecule has 4 nitrogen and oxygen atoms in total. The maximum atomic E-state index is 12.3. The van der Waals surface area contributed by atoms with Gasteiger partial charge in [-0.1, -0.05) is 30.0 Å². The van der Waals surface area contributed by atoms with Crippen molar-refractivity contribution < 1.29 is 9.59 Å². The van der Waals surface area contributed by atoms with Gasteiger partial charge < -0.3 is 5.32 Å². The van der Waals surface area contributed by atoms with E-state index in [0.717, 1.165) is 25.5 Å². The van der Waals surface area contributed by atoms with Gasteiger partial charge in [0.25, 0.3) is 0 Å². The van der Waals surface area contributed by atoms with Crippen LogP contribution >= 0.6 is 46.2 Å². The van der Waals surface area contributed by atoms with Gasteiger partial charge in [-0.2, -0.15) is 0 Å². The molecule has 0 spiro atoms. The van der Waals surface area contributed by atoms with Gasteiger partial charge in [0.15, 0.2) is 10.1 Å². The van der Waals surface area contributed by atoms with Crippen molar-refractivity contribution in [2.45, 2.75) is 15.7 Å². The Balaban J connectivity index is 1.53. The van der Waals surface area contributed by atoms with Crippen LogP contribution in [0.1, 0.15) is 15.4 Å². The molecule has 0 bridgehead atoms. The highest BCUT2D eigenvalue weighted by atomic mass is 32.2. The third-order valence-corrected chi connectivity index (χ3v) is 7.15. The fourth-order valence-corrected chi connectivity index (χ4v) is 5.22. The molecule has 0 aliphatic carbocycles. The number of benzene rings is 1. The highest BCUT2D eigenvalue weighted by Crippen LogP contribution is 2.26. The van der Waals surface area contributed by atoms with Crippen molar-refractivity contribution in [2.24, 2.45) is 0 Å². The summed E-state index contributed by atoms with van der Waals surface area (Å²) >= 11 is 5.92. The smallest absolute Gasteiger partial charge is 0.230 e. The van der Waals surface area contributed by atoms with E-state index in [9.17, 15) is 9.59 Å². The number of carbonyl (C=O) groups excluding carboxylic acids is 2. The summed E-state index contributed by atoms with van der Waals surface area (Å²) in [6.07, 6.45) is 2.20. The molecule has 3 aromatic rings. The first kappa shape index (κ1) is 19.2. The van der Waals surface area contributed by atoms with Crippen molar-refractivity contribution in [2.75, 3.05) is 17.3 Å². The number of para-hydroxylation sites is 1. The minimum Gasteiger partial charge on any atom is -0.325 e. The molecule has 0 saturated carbocycles.